The monoisotopic (exact) mass is 368 g/mol. The molecular formula is C19H24N6O2. The molecule has 1 unspecified atom stereocenters. The lowest BCUT2D eigenvalue weighted by Gasteiger charge is -2.31. The SMILES string of the molecule is CC(N/C(=C(/C=N)C(N)=O)c1cc(-c2cccnc2)c[nH]1)C(C)(C)C(N)=O. The molecule has 0 aliphatic heterocycles. The third-order valence-corrected chi connectivity index (χ3v) is 4.70. The molecule has 0 radical (unpaired) electrons. The number of pyridine rings is 1. The highest BCUT2D eigenvalue weighted by Gasteiger charge is 2.33. The quantitative estimate of drug-likeness (QED) is 0.353. The minimum atomic E-state index is -0.894. The molecule has 142 valence electrons. The van der Waals surface area contributed by atoms with E-state index in [1.54, 1.807) is 39.4 Å². The summed E-state index contributed by atoms with van der Waals surface area (Å²) in [7, 11) is 0. The van der Waals surface area contributed by atoms with Crippen molar-refractivity contribution >= 4 is 23.7 Å². The fourth-order valence-corrected chi connectivity index (χ4v) is 2.42. The minimum Gasteiger partial charge on any atom is -0.379 e. The van der Waals surface area contributed by atoms with Crippen LogP contribution < -0.4 is 16.8 Å². The summed E-state index contributed by atoms with van der Waals surface area (Å²) in [6.07, 6.45) is 6.05. The lowest BCUT2D eigenvalue weighted by molar-refractivity contribution is -0.127. The number of nitrogens with zero attached hydrogens (tertiary/aromatic N) is 1. The zero-order valence-corrected chi connectivity index (χ0v) is 15.5. The van der Waals surface area contributed by atoms with Gasteiger partial charge in [0.15, 0.2) is 0 Å². The smallest absolute Gasteiger partial charge is 0.252 e. The van der Waals surface area contributed by atoms with Crippen LogP contribution in [0.2, 0.25) is 0 Å². The first-order chi connectivity index (χ1) is 12.7. The second-order valence-corrected chi connectivity index (χ2v) is 6.79. The number of aromatic nitrogens is 2. The van der Waals surface area contributed by atoms with Crippen LogP contribution in [0.3, 0.4) is 0 Å². The van der Waals surface area contributed by atoms with E-state index >= 15 is 0 Å². The number of hydrogen-bond acceptors (Lipinski definition) is 5. The first kappa shape index (κ1) is 19.9. The number of carbonyl (C=O) groups excluding carboxylic acids is 2. The maximum Gasteiger partial charge on any atom is 0.252 e. The number of carbonyl (C=O) groups is 2. The van der Waals surface area contributed by atoms with E-state index in [1.165, 1.54) is 0 Å². The van der Waals surface area contributed by atoms with E-state index in [0.29, 0.717) is 11.4 Å². The van der Waals surface area contributed by atoms with Crippen LogP contribution in [0, 0.1) is 10.8 Å². The van der Waals surface area contributed by atoms with Gasteiger partial charge in [-0.25, -0.2) is 0 Å². The predicted octanol–water partition coefficient (Wildman–Crippen LogP) is 1.41. The fourth-order valence-electron chi connectivity index (χ4n) is 2.42. The van der Waals surface area contributed by atoms with Crippen molar-refractivity contribution in [3.05, 3.63) is 48.1 Å². The molecule has 0 saturated carbocycles. The number of aromatic amines is 1. The maximum absolute atomic E-state index is 11.8. The zero-order valence-electron chi connectivity index (χ0n) is 15.5. The number of nitrogens with one attached hydrogen (secondary N) is 3. The van der Waals surface area contributed by atoms with E-state index in [-0.39, 0.29) is 5.57 Å². The molecule has 0 aliphatic rings. The number of amides is 2. The normalized spacial score (nSPS) is 13.4. The van der Waals surface area contributed by atoms with Gasteiger partial charge in [0.2, 0.25) is 5.91 Å². The molecule has 2 aromatic heterocycles. The Bertz CT molecular complexity index is 883. The average Bonchev–Trinajstić information content (AvgIpc) is 3.11. The Morgan fingerprint density at radius 3 is 2.56 bits per heavy atom. The van der Waals surface area contributed by atoms with Gasteiger partial charge in [-0.1, -0.05) is 6.07 Å². The number of nitrogens with two attached hydrogens (primary N) is 2. The molecule has 2 aromatic rings. The Hall–Kier alpha value is -3.42. The molecule has 2 amide bonds. The Morgan fingerprint density at radius 2 is 2.04 bits per heavy atom. The molecule has 0 fully saturated rings. The Morgan fingerprint density at radius 1 is 1.33 bits per heavy atom. The summed E-state index contributed by atoms with van der Waals surface area (Å²) >= 11 is 0. The molecule has 0 bridgehead atoms. The topological polar surface area (TPSA) is 151 Å². The van der Waals surface area contributed by atoms with Gasteiger partial charge in [0, 0.05) is 42.0 Å². The van der Waals surface area contributed by atoms with Crippen molar-refractivity contribution in [3.63, 3.8) is 0 Å². The van der Waals surface area contributed by atoms with Crippen LogP contribution in [0.5, 0.6) is 0 Å². The van der Waals surface area contributed by atoms with Crippen LogP contribution in [0.1, 0.15) is 26.5 Å². The van der Waals surface area contributed by atoms with Crippen molar-refractivity contribution in [2.24, 2.45) is 16.9 Å². The Labute approximate surface area is 157 Å². The van der Waals surface area contributed by atoms with Gasteiger partial charge in [-0.15, -0.1) is 0 Å². The van der Waals surface area contributed by atoms with Crippen LogP contribution in [-0.2, 0) is 9.59 Å². The van der Waals surface area contributed by atoms with Crippen LogP contribution in [0.25, 0.3) is 16.8 Å². The molecule has 2 heterocycles. The maximum atomic E-state index is 11.8. The number of primary amides is 2. The molecule has 0 spiro atoms. The summed E-state index contributed by atoms with van der Waals surface area (Å²) < 4.78 is 0. The zero-order chi connectivity index (χ0) is 20.2. The van der Waals surface area contributed by atoms with Gasteiger partial charge < -0.3 is 27.2 Å². The van der Waals surface area contributed by atoms with Gasteiger partial charge in [-0.3, -0.25) is 14.6 Å². The Kier molecular flexibility index (Phi) is 5.79. The largest absolute Gasteiger partial charge is 0.379 e. The number of rotatable bonds is 8. The van der Waals surface area contributed by atoms with Crippen LogP contribution in [0.4, 0.5) is 0 Å². The first-order valence-corrected chi connectivity index (χ1v) is 8.38. The molecule has 1 atom stereocenters. The van der Waals surface area contributed by atoms with Gasteiger partial charge in [-0.05, 0) is 32.9 Å². The van der Waals surface area contributed by atoms with Crippen molar-refractivity contribution in [2.45, 2.75) is 26.8 Å². The van der Waals surface area contributed by atoms with E-state index in [4.69, 9.17) is 16.9 Å². The van der Waals surface area contributed by atoms with Crippen LogP contribution >= 0.6 is 0 Å². The summed E-state index contributed by atoms with van der Waals surface area (Å²) in [5.41, 5.74) is 12.7. The second-order valence-electron chi connectivity index (χ2n) is 6.79. The minimum absolute atomic E-state index is 0.0123. The Balaban J connectivity index is 2.50. The molecule has 8 heteroatoms. The summed E-state index contributed by atoms with van der Waals surface area (Å²) in [4.78, 5) is 30.8. The van der Waals surface area contributed by atoms with E-state index in [2.05, 4.69) is 15.3 Å². The fraction of sp³-hybridized carbons (Fsp3) is 0.263. The highest BCUT2D eigenvalue weighted by molar-refractivity contribution is 6.16. The lowest BCUT2D eigenvalue weighted by atomic mass is 9.84. The van der Waals surface area contributed by atoms with Crippen LogP contribution in [0.15, 0.2) is 42.4 Å². The van der Waals surface area contributed by atoms with Crippen molar-refractivity contribution in [3.8, 4) is 11.1 Å². The molecule has 0 aromatic carbocycles. The van der Waals surface area contributed by atoms with Crippen molar-refractivity contribution in [1.29, 1.82) is 5.41 Å². The van der Waals surface area contributed by atoms with Crippen molar-refractivity contribution in [1.82, 2.24) is 15.3 Å². The summed E-state index contributed by atoms with van der Waals surface area (Å²) in [6.45, 7) is 5.18. The first-order valence-electron chi connectivity index (χ1n) is 8.38. The van der Waals surface area contributed by atoms with Gasteiger partial charge in [0.25, 0.3) is 5.91 Å². The third kappa shape index (κ3) is 4.22. The highest BCUT2D eigenvalue weighted by atomic mass is 16.1. The molecule has 0 saturated heterocycles. The standard InChI is InChI=1S/C19H24N6O2/c1-11(19(2,3)18(22)27)25-16(14(8-20)17(21)26)15-7-13(10-24-15)12-5-4-6-23-9-12/h4-11,20,24-25H,1-3H3,(H2,21,26)(H2,22,27)/b16-14-,20-8?. The molecule has 0 aliphatic carbocycles. The van der Waals surface area contributed by atoms with Crippen LogP contribution in [-0.4, -0.2) is 34.0 Å². The molecule has 2 rings (SSSR count). The van der Waals surface area contributed by atoms with E-state index in [9.17, 15) is 9.59 Å². The number of hydrogen-bond donors (Lipinski definition) is 5. The van der Waals surface area contributed by atoms with Gasteiger partial charge >= 0.3 is 0 Å². The predicted molar refractivity (Wildman–Crippen MR) is 104 cm³/mol. The molecule has 7 N–H and O–H groups in total. The average molecular weight is 368 g/mol. The summed E-state index contributed by atoms with van der Waals surface area (Å²) in [6, 6.07) is 5.11. The van der Waals surface area contributed by atoms with Crippen molar-refractivity contribution in [2.75, 3.05) is 0 Å². The molecule has 8 nitrogen and oxygen atoms in total. The second kappa shape index (κ2) is 7.86. The number of H-pyrrole nitrogens is 1. The molecular weight excluding hydrogens is 344 g/mol. The highest BCUT2D eigenvalue weighted by Crippen LogP contribution is 2.26. The van der Waals surface area contributed by atoms with Gasteiger partial charge in [0.05, 0.1) is 22.4 Å². The lowest BCUT2D eigenvalue weighted by Crippen LogP contribution is -2.47. The van der Waals surface area contributed by atoms with E-state index in [0.717, 1.165) is 17.3 Å². The summed E-state index contributed by atoms with van der Waals surface area (Å²) in [5.74, 6) is -1.24. The van der Waals surface area contributed by atoms with Crippen molar-refractivity contribution < 1.29 is 9.59 Å². The molecule has 27 heavy (non-hydrogen) atoms. The third-order valence-electron chi connectivity index (χ3n) is 4.70. The summed E-state index contributed by atoms with van der Waals surface area (Å²) in [5, 5.41) is 10.7. The van der Waals surface area contributed by atoms with E-state index < -0.39 is 23.3 Å². The van der Waals surface area contributed by atoms with E-state index in [1.807, 2.05) is 18.2 Å². The van der Waals surface area contributed by atoms with Gasteiger partial charge in [0.1, 0.15) is 0 Å². The van der Waals surface area contributed by atoms with Gasteiger partial charge in [-0.2, -0.15) is 0 Å².